The van der Waals surface area contributed by atoms with Crippen LogP contribution in [0.2, 0.25) is 0 Å². The third-order valence-corrected chi connectivity index (χ3v) is 7.38. The summed E-state index contributed by atoms with van der Waals surface area (Å²) in [6.45, 7) is 2.16. The number of halogens is 1. The van der Waals surface area contributed by atoms with Crippen molar-refractivity contribution in [1.29, 1.82) is 0 Å². The Labute approximate surface area is 192 Å². The zero-order valence-electron chi connectivity index (χ0n) is 18.4. The minimum Gasteiger partial charge on any atom is -0.497 e. The molecule has 0 aliphatic heterocycles. The molecule has 0 atom stereocenters. The van der Waals surface area contributed by atoms with Crippen LogP contribution in [0.15, 0.2) is 71.6 Å². The highest BCUT2D eigenvalue weighted by Crippen LogP contribution is 2.47. The zero-order chi connectivity index (χ0) is 23.6. The summed E-state index contributed by atoms with van der Waals surface area (Å²) >= 11 is 0. The molecule has 0 saturated heterocycles. The Balaban J connectivity index is 1.49. The van der Waals surface area contributed by atoms with Crippen LogP contribution in [-0.2, 0) is 15.4 Å². The number of carbonyl (C=O) groups is 1. The van der Waals surface area contributed by atoms with Crippen molar-refractivity contribution < 1.29 is 22.3 Å². The van der Waals surface area contributed by atoms with Crippen LogP contribution in [-0.4, -0.2) is 28.0 Å². The Morgan fingerprint density at radius 1 is 1.03 bits per heavy atom. The van der Waals surface area contributed by atoms with E-state index in [-0.39, 0.29) is 22.0 Å². The van der Waals surface area contributed by atoms with Crippen molar-refractivity contribution in [2.75, 3.05) is 18.4 Å². The summed E-state index contributed by atoms with van der Waals surface area (Å²) in [5.41, 5.74) is 2.14. The molecule has 1 aliphatic rings. The number of benzene rings is 3. The lowest BCUT2D eigenvalue weighted by molar-refractivity contribution is 0.0949. The average molecular weight is 469 g/mol. The van der Waals surface area contributed by atoms with E-state index in [0.717, 1.165) is 18.4 Å². The number of aryl methyl sites for hydroxylation is 1. The number of rotatable bonds is 8. The topological polar surface area (TPSA) is 84.5 Å². The van der Waals surface area contributed by atoms with Crippen molar-refractivity contribution in [3.63, 3.8) is 0 Å². The molecule has 1 saturated carbocycles. The molecule has 0 radical (unpaired) electrons. The first-order valence-electron chi connectivity index (χ1n) is 10.5. The van der Waals surface area contributed by atoms with E-state index in [2.05, 4.69) is 10.0 Å². The molecule has 0 bridgehead atoms. The smallest absolute Gasteiger partial charge is 0.261 e. The molecule has 1 fully saturated rings. The van der Waals surface area contributed by atoms with Gasteiger partial charge in [0.2, 0.25) is 0 Å². The summed E-state index contributed by atoms with van der Waals surface area (Å²) in [5, 5.41) is 2.93. The predicted molar refractivity (Wildman–Crippen MR) is 125 cm³/mol. The quantitative estimate of drug-likeness (QED) is 0.513. The highest BCUT2D eigenvalue weighted by molar-refractivity contribution is 7.92. The van der Waals surface area contributed by atoms with Crippen LogP contribution >= 0.6 is 0 Å². The lowest BCUT2D eigenvalue weighted by Crippen LogP contribution is -2.32. The Hall–Kier alpha value is -3.39. The van der Waals surface area contributed by atoms with Gasteiger partial charge in [0.15, 0.2) is 0 Å². The predicted octanol–water partition coefficient (Wildman–Crippen LogP) is 4.41. The third-order valence-electron chi connectivity index (χ3n) is 6.00. The van der Waals surface area contributed by atoms with E-state index < -0.39 is 10.0 Å². The van der Waals surface area contributed by atoms with Crippen LogP contribution in [0.4, 0.5) is 10.1 Å². The molecule has 0 unspecified atom stereocenters. The van der Waals surface area contributed by atoms with Crippen LogP contribution < -0.4 is 14.8 Å². The number of methoxy groups -OCH3 is 1. The molecule has 1 amide bonds. The molecule has 172 valence electrons. The minimum atomic E-state index is -3.89. The molecule has 0 heterocycles. The largest absolute Gasteiger partial charge is 0.497 e. The van der Waals surface area contributed by atoms with E-state index in [1.54, 1.807) is 49.4 Å². The molecule has 0 spiro atoms. The van der Waals surface area contributed by atoms with Gasteiger partial charge in [-0.15, -0.1) is 0 Å². The number of sulfonamides is 1. The van der Waals surface area contributed by atoms with Gasteiger partial charge in [-0.05, 0) is 79.4 Å². The molecule has 0 aromatic heterocycles. The number of carbonyl (C=O) groups excluding carboxylic acids is 1. The van der Waals surface area contributed by atoms with Crippen molar-refractivity contribution in [3.05, 3.63) is 89.2 Å². The third kappa shape index (κ3) is 5.01. The Morgan fingerprint density at radius 3 is 2.30 bits per heavy atom. The second-order valence-corrected chi connectivity index (χ2v) is 9.96. The molecular weight excluding hydrogens is 443 g/mol. The fourth-order valence-electron chi connectivity index (χ4n) is 3.75. The summed E-state index contributed by atoms with van der Waals surface area (Å²) in [6, 6.07) is 17.3. The number of hydrogen-bond donors (Lipinski definition) is 2. The fourth-order valence-corrected chi connectivity index (χ4v) is 4.84. The van der Waals surface area contributed by atoms with Gasteiger partial charge in [-0.2, -0.15) is 0 Å². The number of hydrogen-bond acceptors (Lipinski definition) is 4. The average Bonchev–Trinajstić information content (AvgIpc) is 3.59. The first-order chi connectivity index (χ1) is 15.7. The zero-order valence-corrected chi connectivity index (χ0v) is 19.2. The molecule has 8 heteroatoms. The highest BCUT2D eigenvalue weighted by Gasteiger charge is 2.44. The Morgan fingerprint density at radius 2 is 1.70 bits per heavy atom. The monoisotopic (exact) mass is 468 g/mol. The summed E-state index contributed by atoms with van der Waals surface area (Å²) < 4.78 is 46.6. The van der Waals surface area contributed by atoms with Gasteiger partial charge in [0.1, 0.15) is 11.6 Å². The van der Waals surface area contributed by atoms with Crippen LogP contribution in [0, 0.1) is 12.7 Å². The lowest BCUT2D eigenvalue weighted by Gasteiger charge is -2.17. The lowest BCUT2D eigenvalue weighted by atomic mass is 9.95. The SMILES string of the molecule is COc1ccc(NS(=O)(=O)c2ccc(C)c(C(=O)NCC3(c4ccc(F)cc4)CC3)c2)cc1. The van der Waals surface area contributed by atoms with Crippen LogP contribution in [0.25, 0.3) is 0 Å². The summed E-state index contributed by atoms with van der Waals surface area (Å²) in [7, 11) is -2.36. The van der Waals surface area contributed by atoms with Gasteiger partial charge in [0, 0.05) is 23.2 Å². The van der Waals surface area contributed by atoms with Crippen LogP contribution in [0.1, 0.15) is 34.3 Å². The van der Waals surface area contributed by atoms with Crippen molar-refractivity contribution in [2.24, 2.45) is 0 Å². The fraction of sp³-hybridized carbons (Fsp3) is 0.240. The number of anilines is 1. The number of nitrogens with one attached hydrogen (secondary N) is 2. The summed E-state index contributed by atoms with van der Waals surface area (Å²) in [4.78, 5) is 12.9. The van der Waals surface area contributed by atoms with Crippen molar-refractivity contribution in [1.82, 2.24) is 5.32 Å². The van der Waals surface area contributed by atoms with Crippen LogP contribution in [0.5, 0.6) is 5.75 Å². The van der Waals surface area contributed by atoms with Gasteiger partial charge >= 0.3 is 0 Å². The molecule has 3 aromatic rings. The van der Waals surface area contributed by atoms with Gasteiger partial charge in [0.25, 0.3) is 15.9 Å². The molecule has 6 nitrogen and oxygen atoms in total. The number of ether oxygens (including phenoxy) is 1. The van der Waals surface area contributed by atoms with Gasteiger partial charge in [-0.3, -0.25) is 9.52 Å². The molecule has 3 aromatic carbocycles. The Kier molecular flexibility index (Phi) is 6.12. The van der Waals surface area contributed by atoms with Gasteiger partial charge < -0.3 is 10.1 Å². The molecular formula is C25H25FN2O4S. The highest BCUT2D eigenvalue weighted by atomic mass is 32.2. The van der Waals surface area contributed by atoms with E-state index in [1.807, 2.05) is 0 Å². The first kappa shape index (κ1) is 22.8. The molecule has 33 heavy (non-hydrogen) atoms. The van der Waals surface area contributed by atoms with E-state index in [9.17, 15) is 17.6 Å². The van der Waals surface area contributed by atoms with Crippen molar-refractivity contribution >= 4 is 21.6 Å². The second kappa shape index (κ2) is 8.86. The maximum absolute atomic E-state index is 13.3. The van der Waals surface area contributed by atoms with E-state index in [0.29, 0.717) is 29.1 Å². The minimum absolute atomic E-state index is 0.00580. The second-order valence-electron chi connectivity index (χ2n) is 8.28. The first-order valence-corrected chi connectivity index (χ1v) is 12.0. The van der Waals surface area contributed by atoms with Gasteiger partial charge in [-0.1, -0.05) is 18.2 Å². The number of amides is 1. The van der Waals surface area contributed by atoms with Crippen molar-refractivity contribution in [2.45, 2.75) is 30.1 Å². The summed E-state index contributed by atoms with van der Waals surface area (Å²) in [6.07, 6.45) is 1.80. The van der Waals surface area contributed by atoms with E-state index >= 15 is 0 Å². The maximum atomic E-state index is 13.3. The van der Waals surface area contributed by atoms with E-state index in [1.165, 1.54) is 31.4 Å². The van der Waals surface area contributed by atoms with Gasteiger partial charge in [0.05, 0.1) is 12.0 Å². The standard InChI is InChI=1S/C25H25FN2O4S/c1-17-3-12-22(33(30,31)28-20-8-10-21(32-2)11-9-20)15-23(17)24(29)27-16-25(13-14-25)18-4-6-19(26)7-5-18/h3-12,15,28H,13-14,16H2,1-2H3,(H,27,29). The van der Waals surface area contributed by atoms with Crippen LogP contribution in [0.3, 0.4) is 0 Å². The molecule has 4 rings (SSSR count). The molecule has 2 N–H and O–H groups in total. The maximum Gasteiger partial charge on any atom is 0.261 e. The molecule has 1 aliphatic carbocycles. The van der Waals surface area contributed by atoms with E-state index in [4.69, 9.17) is 4.74 Å². The Bertz CT molecular complexity index is 1270. The van der Waals surface area contributed by atoms with Crippen molar-refractivity contribution in [3.8, 4) is 5.75 Å². The normalized spacial score (nSPS) is 14.4. The summed E-state index contributed by atoms with van der Waals surface area (Å²) in [5.74, 6) is -0.0285. The van der Waals surface area contributed by atoms with Gasteiger partial charge in [-0.25, -0.2) is 12.8 Å².